The predicted molar refractivity (Wildman–Crippen MR) is 70.3 cm³/mol. The first-order valence-electron chi connectivity index (χ1n) is 6.54. The Balaban J connectivity index is 1.71. The molecule has 1 aliphatic rings. The summed E-state index contributed by atoms with van der Waals surface area (Å²) in [4.78, 5) is 28.8. The molecule has 5 nitrogen and oxygen atoms in total. The number of hydroxylamine groups is 2. The third-order valence-electron chi connectivity index (χ3n) is 2.94. The summed E-state index contributed by atoms with van der Waals surface area (Å²) in [5.74, 6) is -0.235. The van der Waals surface area contributed by atoms with Gasteiger partial charge in [-0.15, -0.1) is 0 Å². The molecule has 5 heteroatoms. The Hall–Kier alpha value is -1.88. The number of benzene rings is 1. The Labute approximate surface area is 112 Å². The lowest BCUT2D eigenvalue weighted by Gasteiger charge is -2.25. The van der Waals surface area contributed by atoms with Gasteiger partial charge in [-0.25, -0.2) is 5.06 Å². The number of hydrogen-bond acceptors (Lipinski definition) is 3. The van der Waals surface area contributed by atoms with Crippen LogP contribution in [0.15, 0.2) is 30.3 Å². The molecule has 19 heavy (non-hydrogen) atoms. The standard InChI is InChI=1S/C14H18N2O3/c17-13(16-10-4-5-11-19-16)8-9-15-14(18)12-6-2-1-3-7-12/h1-3,6-7H,4-5,8-11H2,(H,15,18). The molecule has 1 saturated heterocycles. The highest BCUT2D eigenvalue weighted by atomic mass is 16.7. The molecular weight excluding hydrogens is 244 g/mol. The third kappa shape index (κ3) is 4.06. The summed E-state index contributed by atoms with van der Waals surface area (Å²) in [7, 11) is 0. The van der Waals surface area contributed by atoms with E-state index in [-0.39, 0.29) is 18.2 Å². The van der Waals surface area contributed by atoms with Gasteiger partial charge in [0.2, 0.25) is 5.91 Å². The maximum atomic E-state index is 11.8. The van der Waals surface area contributed by atoms with Crippen molar-refractivity contribution >= 4 is 11.8 Å². The van der Waals surface area contributed by atoms with Gasteiger partial charge in [0, 0.05) is 25.1 Å². The minimum absolute atomic E-state index is 0.0759. The van der Waals surface area contributed by atoms with Crippen molar-refractivity contribution in [2.75, 3.05) is 19.7 Å². The van der Waals surface area contributed by atoms with Crippen LogP contribution in [0.2, 0.25) is 0 Å². The van der Waals surface area contributed by atoms with Gasteiger partial charge >= 0.3 is 0 Å². The summed E-state index contributed by atoms with van der Waals surface area (Å²) < 4.78 is 0. The van der Waals surface area contributed by atoms with Crippen molar-refractivity contribution in [1.82, 2.24) is 10.4 Å². The van der Waals surface area contributed by atoms with Crippen LogP contribution in [0.3, 0.4) is 0 Å². The Morgan fingerprint density at radius 2 is 2.00 bits per heavy atom. The van der Waals surface area contributed by atoms with Crippen molar-refractivity contribution in [2.24, 2.45) is 0 Å². The Morgan fingerprint density at radius 3 is 2.68 bits per heavy atom. The summed E-state index contributed by atoms with van der Waals surface area (Å²) in [6, 6.07) is 8.95. The molecule has 1 aromatic carbocycles. The molecule has 0 aromatic heterocycles. The Morgan fingerprint density at radius 1 is 1.21 bits per heavy atom. The summed E-state index contributed by atoms with van der Waals surface area (Å²) in [5.41, 5.74) is 0.601. The van der Waals surface area contributed by atoms with Gasteiger partial charge in [0.1, 0.15) is 0 Å². The van der Waals surface area contributed by atoms with E-state index in [4.69, 9.17) is 4.84 Å². The number of hydrogen-bond donors (Lipinski definition) is 1. The zero-order valence-electron chi connectivity index (χ0n) is 10.8. The first-order chi connectivity index (χ1) is 9.27. The largest absolute Gasteiger partial charge is 0.352 e. The van der Waals surface area contributed by atoms with Crippen molar-refractivity contribution in [2.45, 2.75) is 19.3 Å². The number of nitrogens with one attached hydrogen (secondary N) is 1. The van der Waals surface area contributed by atoms with E-state index in [0.717, 1.165) is 12.8 Å². The van der Waals surface area contributed by atoms with Gasteiger partial charge in [0.15, 0.2) is 0 Å². The molecule has 0 saturated carbocycles. The molecule has 0 unspecified atom stereocenters. The Kier molecular flexibility index (Phi) is 4.92. The van der Waals surface area contributed by atoms with E-state index in [9.17, 15) is 9.59 Å². The van der Waals surface area contributed by atoms with Crippen LogP contribution in [0.4, 0.5) is 0 Å². The summed E-state index contributed by atoms with van der Waals surface area (Å²) >= 11 is 0. The van der Waals surface area contributed by atoms with Crippen LogP contribution in [0.1, 0.15) is 29.6 Å². The van der Waals surface area contributed by atoms with Crippen molar-refractivity contribution in [3.05, 3.63) is 35.9 Å². The van der Waals surface area contributed by atoms with Crippen LogP contribution in [-0.4, -0.2) is 36.6 Å². The molecule has 0 bridgehead atoms. The van der Waals surface area contributed by atoms with Gasteiger partial charge in [-0.3, -0.25) is 14.4 Å². The van der Waals surface area contributed by atoms with Gasteiger partial charge in [0.05, 0.1) is 6.61 Å². The normalized spacial score (nSPS) is 15.1. The fourth-order valence-corrected chi connectivity index (χ4v) is 1.89. The minimum Gasteiger partial charge on any atom is -0.352 e. The molecule has 1 N–H and O–H groups in total. The number of nitrogens with zero attached hydrogens (tertiary/aromatic N) is 1. The fraction of sp³-hybridized carbons (Fsp3) is 0.429. The first-order valence-corrected chi connectivity index (χ1v) is 6.54. The van der Waals surface area contributed by atoms with Crippen LogP contribution in [-0.2, 0) is 9.63 Å². The molecule has 0 aliphatic carbocycles. The zero-order valence-corrected chi connectivity index (χ0v) is 10.8. The lowest BCUT2D eigenvalue weighted by molar-refractivity contribution is -0.196. The summed E-state index contributed by atoms with van der Waals surface area (Å²) in [6.45, 7) is 1.57. The highest BCUT2D eigenvalue weighted by Crippen LogP contribution is 2.07. The van der Waals surface area contributed by atoms with Crippen LogP contribution in [0.25, 0.3) is 0 Å². The second-order valence-electron chi connectivity index (χ2n) is 4.41. The summed E-state index contributed by atoms with van der Waals surface area (Å²) in [5, 5.41) is 4.13. The number of carbonyl (C=O) groups is 2. The van der Waals surface area contributed by atoms with Crippen LogP contribution >= 0.6 is 0 Å². The van der Waals surface area contributed by atoms with E-state index < -0.39 is 0 Å². The lowest BCUT2D eigenvalue weighted by atomic mass is 10.2. The van der Waals surface area contributed by atoms with Crippen molar-refractivity contribution in [3.8, 4) is 0 Å². The molecular formula is C14H18N2O3. The minimum atomic E-state index is -0.159. The van der Waals surface area contributed by atoms with Gasteiger partial charge in [0.25, 0.3) is 5.91 Å². The van der Waals surface area contributed by atoms with E-state index in [1.165, 1.54) is 5.06 Å². The second kappa shape index (κ2) is 6.89. The number of amides is 2. The molecule has 0 radical (unpaired) electrons. The average molecular weight is 262 g/mol. The topological polar surface area (TPSA) is 58.6 Å². The van der Waals surface area contributed by atoms with Gasteiger partial charge in [-0.05, 0) is 25.0 Å². The maximum absolute atomic E-state index is 11.8. The molecule has 0 spiro atoms. The van der Waals surface area contributed by atoms with E-state index in [0.29, 0.717) is 25.3 Å². The molecule has 1 aliphatic heterocycles. The zero-order chi connectivity index (χ0) is 13.5. The average Bonchev–Trinajstić information content (AvgIpc) is 2.49. The molecule has 2 amide bonds. The van der Waals surface area contributed by atoms with Gasteiger partial charge < -0.3 is 5.32 Å². The second-order valence-corrected chi connectivity index (χ2v) is 4.41. The monoisotopic (exact) mass is 262 g/mol. The van der Waals surface area contributed by atoms with Crippen molar-refractivity contribution in [3.63, 3.8) is 0 Å². The smallest absolute Gasteiger partial charge is 0.251 e. The molecule has 102 valence electrons. The van der Waals surface area contributed by atoms with Crippen LogP contribution < -0.4 is 5.32 Å². The maximum Gasteiger partial charge on any atom is 0.251 e. The SMILES string of the molecule is O=C(NCCC(=O)N1CCCCO1)c1ccccc1. The molecule has 2 rings (SSSR count). The lowest BCUT2D eigenvalue weighted by Crippen LogP contribution is -2.37. The van der Waals surface area contributed by atoms with E-state index in [1.807, 2.05) is 18.2 Å². The van der Waals surface area contributed by atoms with Gasteiger partial charge in [-0.1, -0.05) is 18.2 Å². The quantitative estimate of drug-likeness (QED) is 0.891. The van der Waals surface area contributed by atoms with Crippen molar-refractivity contribution in [1.29, 1.82) is 0 Å². The fourth-order valence-electron chi connectivity index (χ4n) is 1.89. The van der Waals surface area contributed by atoms with E-state index in [2.05, 4.69) is 5.32 Å². The Bertz CT molecular complexity index is 428. The van der Waals surface area contributed by atoms with Gasteiger partial charge in [-0.2, -0.15) is 0 Å². The first kappa shape index (κ1) is 13.5. The number of carbonyl (C=O) groups excluding carboxylic acids is 2. The molecule has 1 aromatic rings. The van der Waals surface area contributed by atoms with E-state index >= 15 is 0 Å². The molecule has 1 heterocycles. The molecule has 0 atom stereocenters. The summed E-state index contributed by atoms with van der Waals surface area (Å²) in [6.07, 6.45) is 2.23. The third-order valence-corrected chi connectivity index (χ3v) is 2.94. The highest BCUT2D eigenvalue weighted by Gasteiger charge is 2.17. The number of rotatable bonds is 4. The van der Waals surface area contributed by atoms with Crippen LogP contribution in [0.5, 0.6) is 0 Å². The predicted octanol–water partition coefficient (Wildman–Crippen LogP) is 1.36. The van der Waals surface area contributed by atoms with Crippen molar-refractivity contribution < 1.29 is 14.4 Å². The highest BCUT2D eigenvalue weighted by molar-refractivity contribution is 5.94. The van der Waals surface area contributed by atoms with Crippen LogP contribution in [0, 0.1) is 0 Å². The molecule has 1 fully saturated rings. The van der Waals surface area contributed by atoms with E-state index in [1.54, 1.807) is 12.1 Å².